The molecule has 0 unspecified atom stereocenters. The third-order valence-corrected chi connectivity index (χ3v) is 2.82. The van der Waals surface area contributed by atoms with Crippen LogP contribution in [-0.4, -0.2) is 9.97 Å². The predicted octanol–water partition coefficient (Wildman–Crippen LogP) is 2.59. The molecule has 1 heterocycles. The molecule has 2 N–H and O–H groups in total. The SMILES string of the molecule is CCc1c(N)ncnc1Oc1cc(C#N)ccc1C. The summed E-state index contributed by atoms with van der Waals surface area (Å²) < 4.78 is 5.77. The zero-order valence-corrected chi connectivity index (χ0v) is 10.8. The van der Waals surface area contributed by atoms with Crippen molar-refractivity contribution in [2.75, 3.05) is 5.73 Å². The second-order valence-corrected chi connectivity index (χ2v) is 4.09. The zero-order chi connectivity index (χ0) is 13.8. The quantitative estimate of drug-likeness (QED) is 0.909. The number of hydrogen-bond acceptors (Lipinski definition) is 5. The Morgan fingerprint density at radius 2 is 2.16 bits per heavy atom. The lowest BCUT2D eigenvalue weighted by atomic mass is 10.1. The van der Waals surface area contributed by atoms with Crippen LogP contribution in [-0.2, 0) is 6.42 Å². The molecule has 2 rings (SSSR count). The summed E-state index contributed by atoms with van der Waals surface area (Å²) in [5, 5.41) is 8.91. The van der Waals surface area contributed by atoms with Gasteiger partial charge in [0.1, 0.15) is 17.9 Å². The van der Waals surface area contributed by atoms with Gasteiger partial charge in [0.2, 0.25) is 5.88 Å². The Bertz CT molecular complexity index is 646. The first-order valence-corrected chi connectivity index (χ1v) is 5.93. The van der Waals surface area contributed by atoms with E-state index in [0.29, 0.717) is 29.4 Å². The van der Waals surface area contributed by atoms with Crippen molar-refractivity contribution in [1.82, 2.24) is 9.97 Å². The first-order chi connectivity index (χ1) is 9.15. The van der Waals surface area contributed by atoms with E-state index in [1.807, 2.05) is 19.9 Å². The minimum absolute atomic E-state index is 0.418. The summed E-state index contributed by atoms with van der Waals surface area (Å²) >= 11 is 0. The number of hydrogen-bond donors (Lipinski definition) is 1. The number of nitrogens with zero attached hydrogens (tertiary/aromatic N) is 3. The fraction of sp³-hybridized carbons (Fsp3) is 0.214. The standard InChI is InChI=1S/C14H14N4O/c1-3-11-13(16)17-8-18-14(11)19-12-6-10(7-15)5-4-9(12)2/h4-6,8H,3H2,1-2H3,(H2,16,17,18). The average Bonchev–Trinajstić information content (AvgIpc) is 2.41. The molecule has 1 aromatic carbocycles. The molecule has 0 spiro atoms. The number of anilines is 1. The Balaban J connectivity index is 2.42. The van der Waals surface area contributed by atoms with Crippen molar-refractivity contribution in [2.45, 2.75) is 20.3 Å². The fourth-order valence-corrected chi connectivity index (χ4v) is 1.71. The summed E-state index contributed by atoms with van der Waals surface area (Å²) in [5.41, 5.74) is 8.04. The molecule has 96 valence electrons. The van der Waals surface area contributed by atoms with Gasteiger partial charge in [-0.05, 0) is 31.0 Å². The summed E-state index contributed by atoms with van der Waals surface area (Å²) in [6.45, 7) is 3.87. The van der Waals surface area contributed by atoms with E-state index in [1.165, 1.54) is 6.33 Å². The number of aryl methyl sites for hydroxylation is 1. The van der Waals surface area contributed by atoms with Gasteiger partial charge in [-0.25, -0.2) is 9.97 Å². The summed E-state index contributed by atoms with van der Waals surface area (Å²) in [6.07, 6.45) is 2.05. The molecule has 0 aliphatic carbocycles. The first-order valence-electron chi connectivity index (χ1n) is 5.93. The van der Waals surface area contributed by atoms with Crippen molar-refractivity contribution in [3.8, 4) is 17.7 Å². The van der Waals surface area contributed by atoms with Crippen LogP contribution in [0.25, 0.3) is 0 Å². The van der Waals surface area contributed by atoms with Crippen LogP contribution in [0.1, 0.15) is 23.6 Å². The van der Waals surface area contributed by atoms with Crippen molar-refractivity contribution in [2.24, 2.45) is 0 Å². The van der Waals surface area contributed by atoms with Gasteiger partial charge in [0, 0.05) is 0 Å². The van der Waals surface area contributed by atoms with Crippen LogP contribution in [0.3, 0.4) is 0 Å². The third kappa shape index (κ3) is 2.63. The molecule has 0 radical (unpaired) electrons. The normalized spacial score (nSPS) is 9.95. The van der Waals surface area contributed by atoms with Crippen LogP contribution in [0.5, 0.6) is 11.6 Å². The first kappa shape index (κ1) is 12.8. The van der Waals surface area contributed by atoms with Crippen molar-refractivity contribution >= 4 is 5.82 Å². The number of rotatable bonds is 3. The van der Waals surface area contributed by atoms with E-state index >= 15 is 0 Å². The van der Waals surface area contributed by atoms with Gasteiger partial charge in [0.25, 0.3) is 0 Å². The van der Waals surface area contributed by atoms with Gasteiger partial charge in [-0.15, -0.1) is 0 Å². The molecule has 0 bridgehead atoms. The van der Waals surface area contributed by atoms with Crippen molar-refractivity contribution in [3.05, 3.63) is 41.2 Å². The Hall–Kier alpha value is -2.61. The average molecular weight is 254 g/mol. The molecule has 19 heavy (non-hydrogen) atoms. The molecular formula is C14H14N4O. The topological polar surface area (TPSA) is 84.8 Å². The van der Waals surface area contributed by atoms with E-state index in [4.69, 9.17) is 15.7 Å². The minimum Gasteiger partial charge on any atom is -0.438 e. The van der Waals surface area contributed by atoms with Gasteiger partial charge in [-0.3, -0.25) is 0 Å². The summed E-state index contributed by atoms with van der Waals surface area (Å²) in [6, 6.07) is 7.36. The number of benzene rings is 1. The van der Waals surface area contributed by atoms with Crippen LogP contribution in [0, 0.1) is 18.3 Å². The van der Waals surface area contributed by atoms with Gasteiger partial charge in [-0.2, -0.15) is 5.26 Å². The Morgan fingerprint density at radius 1 is 1.37 bits per heavy atom. The highest BCUT2D eigenvalue weighted by Gasteiger charge is 2.11. The molecule has 5 nitrogen and oxygen atoms in total. The molecule has 1 aromatic heterocycles. The lowest BCUT2D eigenvalue weighted by Gasteiger charge is -2.11. The Kier molecular flexibility index (Phi) is 3.62. The van der Waals surface area contributed by atoms with Crippen molar-refractivity contribution in [3.63, 3.8) is 0 Å². The highest BCUT2D eigenvalue weighted by atomic mass is 16.5. The van der Waals surface area contributed by atoms with Crippen LogP contribution >= 0.6 is 0 Å². The molecule has 0 fully saturated rings. The molecule has 0 atom stereocenters. The van der Waals surface area contributed by atoms with Gasteiger partial charge in [0.15, 0.2) is 0 Å². The summed E-state index contributed by atoms with van der Waals surface area (Å²) in [5.74, 6) is 1.46. The van der Waals surface area contributed by atoms with Gasteiger partial charge >= 0.3 is 0 Å². The number of nitrogen functional groups attached to an aromatic ring is 1. The second kappa shape index (κ2) is 5.36. The molecule has 0 aliphatic rings. The molecular weight excluding hydrogens is 240 g/mol. The van der Waals surface area contributed by atoms with Gasteiger partial charge in [-0.1, -0.05) is 13.0 Å². The molecule has 0 saturated heterocycles. The lowest BCUT2D eigenvalue weighted by Crippen LogP contribution is -2.02. The predicted molar refractivity (Wildman–Crippen MR) is 71.8 cm³/mol. The van der Waals surface area contributed by atoms with E-state index in [1.54, 1.807) is 12.1 Å². The van der Waals surface area contributed by atoms with Crippen LogP contribution in [0.2, 0.25) is 0 Å². The minimum atomic E-state index is 0.418. The van der Waals surface area contributed by atoms with E-state index in [0.717, 1.165) is 11.1 Å². The van der Waals surface area contributed by atoms with Crippen LogP contribution in [0.4, 0.5) is 5.82 Å². The molecule has 0 amide bonds. The van der Waals surface area contributed by atoms with E-state index < -0.39 is 0 Å². The van der Waals surface area contributed by atoms with Crippen LogP contribution in [0.15, 0.2) is 24.5 Å². The number of nitrogens with two attached hydrogens (primary N) is 1. The zero-order valence-electron chi connectivity index (χ0n) is 10.8. The molecule has 0 aliphatic heterocycles. The molecule has 5 heteroatoms. The maximum absolute atomic E-state index is 8.91. The second-order valence-electron chi connectivity index (χ2n) is 4.09. The van der Waals surface area contributed by atoms with Gasteiger partial charge < -0.3 is 10.5 Å². The number of ether oxygens (including phenoxy) is 1. The van der Waals surface area contributed by atoms with E-state index in [9.17, 15) is 0 Å². The lowest BCUT2D eigenvalue weighted by molar-refractivity contribution is 0.452. The van der Waals surface area contributed by atoms with E-state index in [-0.39, 0.29) is 0 Å². The van der Waals surface area contributed by atoms with Crippen LogP contribution < -0.4 is 10.5 Å². The third-order valence-electron chi connectivity index (χ3n) is 2.82. The van der Waals surface area contributed by atoms with Crippen molar-refractivity contribution < 1.29 is 4.74 Å². The Morgan fingerprint density at radius 3 is 2.84 bits per heavy atom. The fourth-order valence-electron chi connectivity index (χ4n) is 1.71. The highest BCUT2D eigenvalue weighted by molar-refractivity contribution is 5.48. The molecule has 0 saturated carbocycles. The molecule has 2 aromatic rings. The smallest absolute Gasteiger partial charge is 0.227 e. The Labute approximate surface area is 111 Å². The summed E-state index contributed by atoms with van der Waals surface area (Å²) in [4.78, 5) is 8.05. The summed E-state index contributed by atoms with van der Waals surface area (Å²) in [7, 11) is 0. The monoisotopic (exact) mass is 254 g/mol. The number of nitriles is 1. The highest BCUT2D eigenvalue weighted by Crippen LogP contribution is 2.28. The number of aromatic nitrogens is 2. The van der Waals surface area contributed by atoms with E-state index in [2.05, 4.69) is 16.0 Å². The largest absolute Gasteiger partial charge is 0.438 e. The van der Waals surface area contributed by atoms with Gasteiger partial charge in [0.05, 0.1) is 17.2 Å². The van der Waals surface area contributed by atoms with Crippen molar-refractivity contribution in [1.29, 1.82) is 5.26 Å². The maximum atomic E-state index is 8.91. The maximum Gasteiger partial charge on any atom is 0.227 e.